The zero-order chi connectivity index (χ0) is 13.7. The fourth-order valence-electron chi connectivity index (χ4n) is 1.83. The molecule has 4 heteroatoms. The summed E-state index contributed by atoms with van der Waals surface area (Å²) in [5.41, 5.74) is 2.40. The molecule has 102 valence electrons. The molecule has 2 rings (SSSR count). The van der Waals surface area contributed by atoms with Gasteiger partial charge in [-0.05, 0) is 25.0 Å². The first-order valence-corrected chi connectivity index (χ1v) is 6.82. The summed E-state index contributed by atoms with van der Waals surface area (Å²) in [6, 6.07) is 8.24. The van der Waals surface area contributed by atoms with Crippen molar-refractivity contribution in [3.63, 3.8) is 0 Å². The maximum absolute atomic E-state index is 5.25. The highest BCUT2D eigenvalue weighted by Crippen LogP contribution is 2.15. The van der Waals surface area contributed by atoms with Gasteiger partial charge in [0.2, 0.25) is 5.89 Å². The number of hydrogen-bond donors (Lipinski definition) is 1. The summed E-state index contributed by atoms with van der Waals surface area (Å²) in [4.78, 5) is 4.42. The van der Waals surface area contributed by atoms with Crippen molar-refractivity contribution in [1.29, 1.82) is 0 Å². The molecule has 1 atom stereocenters. The number of nitrogens with one attached hydrogen (secondary N) is 1. The Morgan fingerprint density at radius 1 is 1.32 bits per heavy atom. The van der Waals surface area contributed by atoms with E-state index in [1.54, 1.807) is 0 Å². The van der Waals surface area contributed by atoms with E-state index >= 15 is 0 Å². The molecule has 0 aliphatic rings. The minimum atomic E-state index is 0.363. The minimum Gasteiger partial charge on any atom is -0.384 e. The highest BCUT2D eigenvalue weighted by Gasteiger charge is 2.11. The van der Waals surface area contributed by atoms with Crippen molar-refractivity contribution in [3.05, 3.63) is 41.5 Å². The van der Waals surface area contributed by atoms with Gasteiger partial charge < -0.3 is 9.84 Å². The number of benzene rings is 1. The molecular weight excluding hydrogens is 238 g/mol. The molecule has 4 nitrogen and oxygen atoms in total. The van der Waals surface area contributed by atoms with Crippen LogP contribution in [0.1, 0.15) is 43.5 Å². The summed E-state index contributed by atoms with van der Waals surface area (Å²) >= 11 is 0. The Morgan fingerprint density at radius 3 is 2.84 bits per heavy atom. The number of anilines is 1. The molecule has 19 heavy (non-hydrogen) atoms. The third-order valence-electron chi connectivity index (χ3n) is 3.34. The SMILES string of the molecule is CCC(C)c1noc(CCNc2ccccc2C)n1. The van der Waals surface area contributed by atoms with E-state index in [4.69, 9.17) is 4.52 Å². The molecule has 0 amide bonds. The lowest BCUT2D eigenvalue weighted by Gasteiger charge is -2.07. The summed E-state index contributed by atoms with van der Waals surface area (Å²) in [5.74, 6) is 1.88. The van der Waals surface area contributed by atoms with Crippen LogP contribution in [-0.2, 0) is 6.42 Å². The Hall–Kier alpha value is -1.84. The Labute approximate surface area is 114 Å². The van der Waals surface area contributed by atoms with Crippen molar-refractivity contribution in [2.24, 2.45) is 0 Å². The van der Waals surface area contributed by atoms with Gasteiger partial charge in [-0.15, -0.1) is 0 Å². The monoisotopic (exact) mass is 259 g/mol. The highest BCUT2D eigenvalue weighted by atomic mass is 16.5. The van der Waals surface area contributed by atoms with E-state index < -0.39 is 0 Å². The standard InChI is InChI=1S/C15H21N3O/c1-4-11(2)15-17-14(19-18-15)9-10-16-13-8-6-5-7-12(13)3/h5-8,11,16H,4,9-10H2,1-3H3. The van der Waals surface area contributed by atoms with E-state index in [0.717, 1.165) is 30.9 Å². The van der Waals surface area contributed by atoms with Gasteiger partial charge in [-0.2, -0.15) is 4.98 Å². The lowest BCUT2D eigenvalue weighted by atomic mass is 10.1. The van der Waals surface area contributed by atoms with Crippen molar-refractivity contribution >= 4 is 5.69 Å². The summed E-state index contributed by atoms with van der Waals surface area (Å²) in [7, 11) is 0. The smallest absolute Gasteiger partial charge is 0.228 e. The molecular formula is C15H21N3O. The van der Waals surface area contributed by atoms with Gasteiger partial charge in [0.1, 0.15) is 0 Å². The van der Waals surface area contributed by atoms with Crippen molar-refractivity contribution < 1.29 is 4.52 Å². The van der Waals surface area contributed by atoms with Crippen molar-refractivity contribution in [2.75, 3.05) is 11.9 Å². The first-order valence-electron chi connectivity index (χ1n) is 6.82. The van der Waals surface area contributed by atoms with E-state index in [2.05, 4.69) is 48.4 Å². The average molecular weight is 259 g/mol. The lowest BCUT2D eigenvalue weighted by molar-refractivity contribution is 0.372. The van der Waals surface area contributed by atoms with E-state index in [-0.39, 0.29) is 0 Å². The number of hydrogen-bond acceptors (Lipinski definition) is 4. The predicted molar refractivity (Wildman–Crippen MR) is 76.4 cm³/mol. The number of aryl methyl sites for hydroxylation is 1. The Bertz CT molecular complexity index is 522. The molecule has 1 aromatic carbocycles. The molecule has 0 aliphatic carbocycles. The van der Waals surface area contributed by atoms with E-state index in [0.29, 0.717) is 11.8 Å². The second kappa shape index (κ2) is 6.36. The topological polar surface area (TPSA) is 51.0 Å². The normalized spacial score (nSPS) is 12.4. The molecule has 0 saturated heterocycles. The molecule has 1 N–H and O–H groups in total. The molecule has 0 spiro atoms. The van der Waals surface area contributed by atoms with Gasteiger partial charge in [0.25, 0.3) is 0 Å². The van der Waals surface area contributed by atoms with Crippen LogP contribution in [0.5, 0.6) is 0 Å². The van der Waals surface area contributed by atoms with Gasteiger partial charge >= 0.3 is 0 Å². The second-order valence-electron chi connectivity index (χ2n) is 4.85. The van der Waals surface area contributed by atoms with Crippen molar-refractivity contribution in [3.8, 4) is 0 Å². The van der Waals surface area contributed by atoms with Crippen LogP contribution in [0.25, 0.3) is 0 Å². The minimum absolute atomic E-state index is 0.363. The zero-order valence-corrected chi connectivity index (χ0v) is 11.8. The van der Waals surface area contributed by atoms with E-state index in [1.807, 2.05) is 12.1 Å². The third kappa shape index (κ3) is 3.56. The largest absolute Gasteiger partial charge is 0.384 e. The van der Waals surface area contributed by atoms with Crippen LogP contribution in [0.3, 0.4) is 0 Å². The molecule has 0 saturated carbocycles. The molecule has 0 radical (unpaired) electrons. The van der Waals surface area contributed by atoms with Crippen molar-refractivity contribution in [2.45, 2.75) is 39.5 Å². The van der Waals surface area contributed by atoms with Gasteiger partial charge in [-0.25, -0.2) is 0 Å². The number of nitrogens with zero attached hydrogens (tertiary/aromatic N) is 2. The van der Waals surface area contributed by atoms with Crippen LogP contribution in [0.15, 0.2) is 28.8 Å². The molecule has 0 bridgehead atoms. The highest BCUT2D eigenvalue weighted by molar-refractivity contribution is 5.50. The summed E-state index contributed by atoms with van der Waals surface area (Å²) in [6.45, 7) is 7.13. The number of rotatable bonds is 6. The van der Waals surface area contributed by atoms with Crippen molar-refractivity contribution in [1.82, 2.24) is 10.1 Å². The molecule has 0 aliphatic heterocycles. The van der Waals surface area contributed by atoms with Gasteiger partial charge in [0, 0.05) is 24.6 Å². The quantitative estimate of drug-likeness (QED) is 0.862. The molecule has 1 heterocycles. The Balaban J connectivity index is 1.86. The first-order chi connectivity index (χ1) is 9.20. The van der Waals surface area contributed by atoms with Crippen LogP contribution in [0.4, 0.5) is 5.69 Å². The third-order valence-corrected chi connectivity index (χ3v) is 3.34. The predicted octanol–water partition coefficient (Wildman–Crippen LogP) is 3.55. The van der Waals surface area contributed by atoms with Crippen LogP contribution in [0, 0.1) is 6.92 Å². The Morgan fingerprint density at radius 2 is 2.11 bits per heavy atom. The second-order valence-corrected chi connectivity index (χ2v) is 4.85. The molecule has 2 aromatic rings. The Kier molecular flexibility index (Phi) is 4.55. The summed E-state index contributed by atoms with van der Waals surface area (Å²) < 4.78 is 5.25. The summed E-state index contributed by atoms with van der Waals surface area (Å²) in [5, 5.41) is 7.40. The zero-order valence-electron chi connectivity index (χ0n) is 11.8. The average Bonchev–Trinajstić information content (AvgIpc) is 2.89. The van der Waals surface area contributed by atoms with Crippen LogP contribution < -0.4 is 5.32 Å². The van der Waals surface area contributed by atoms with E-state index in [9.17, 15) is 0 Å². The van der Waals surface area contributed by atoms with Gasteiger partial charge in [0.15, 0.2) is 5.82 Å². The van der Waals surface area contributed by atoms with Crippen LogP contribution >= 0.6 is 0 Å². The molecule has 1 aromatic heterocycles. The maximum atomic E-state index is 5.25. The molecule has 0 fully saturated rings. The maximum Gasteiger partial charge on any atom is 0.228 e. The lowest BCUT2D eigenvalue weighted by Crippen LogP contribution is -2.06. The van der Waals surface area contributed by atoms with Crippen LogP contribution in [0.2, 0.25) is 0 Å². The fourth-order valence-corrected chi connectivity index (χ4v) is 1.83. The van der Waals surface area contributed by atoms with Gasteiger partial charge in [-0.1, -0.05) is 37.2 Å². The fraction of sp³-hybridized carbons (Fsp3) is 0.467. The van der Waals surface area contributed by atoms with Gasteiger partial charge in [0.05, 0.1) is 0 Å². The van der Waals surface area contributed by atoms with Gasteiger partial charge in [-0.3, -0.25) is 0 Å². The number of aromatic nitrogens is 2. The first kappa shape index (κ1) is 13.6. The van der Waals surface area contributed by atoms with E-state index in [1.165, 1.54) is 5.56 Å². The number of para-hydroxylation sites is 1. The van der Waals surface area contributed by atoms with Crippen LogP contribution in [-0.4, -0.2) is 16.7 Å². The molecule has 1 unspecified atom stereocenters. The summed E-state index contributed by atoms with van der Waals surface area (Å²) in [6.07, 6.45) is 1.78.